The fourth-order valence-electron chi connectivity index (χ4n) is 7.62. The van der Waals surface area contributed by atoms with Gasteiger partial charge in [-0.05, 0) is 159 Å². The molecule has 0 spiro atoms. The van der Waals surface area contributed by atoms with Crippen LogP contribution in [0.25, 0.3) is 22.3 Å². The van der Waals surface area contributed by atoms with Gasteiger partial charge in [0.2, 0.25) is 0 Å². The van der Waals surface area contributed by atoms with E-state index in [2.05, 4.69) is 199 Å². The van der Waals surface area contributed by atoms with E-state index < -0.39 is 0 Å². The van der Waals surface area contributed by atoms with Crippen molar-refractivity contribution in [3.05, 3.63) is 189 Å². The Hall–Kier alpha value is -6.52. The number of hydrogen-bond acceptors (Lipinski definition) is 4. The van der Waals surface area contributed by atoms with Crippen LogP contribution < -0.4 is 10.6 Å². The molecule has 2 N–H and O–H groups in total. The third-order valence-electron chi connectivity index (χ3n) is 10.6. The zero-order valence-electron chi connectivity index (χ0n) is 33.8. The Kier molecular flexibility index (Phi) is 11.1. The molecule has 56 heavy (non-hydrogen) atoms. The normalized spacial score (nSPS) is 11.4. The zero-order chi connectivity index (χ0) is 39.3. The van der Waals surface area contributed by atoms with Crippen LogP contribution in [0.3, 0.4) is 0 Å². The second-order valence-corrected chi connectivity index (χ2v) is 14.9. The van der Waals surface area contributed by atoms with E-state index in [1.54, 1.807) is 0 Å². The van der Waals surface area contributed by atoms with Crippen molar-refractivity contribution in [2.45, 2.75) is 55.4 Å². The first kappa shape index (κ1) is 37.8. The minimum absolute atomic E-state index is 0.993. The summed E-state index contributed by atoms with van der Waals surface area (Å²) in [6, 6.07) is 47.2. The lowest BCUT2D eigenvalue weighted by Gasteiger charge is -2.16. The van der Waals surface area contributed by atoms with Crippen LogP contribution in [0.15, 0.2) is 143 Å². The molecule has 0 aliphatic heterocycles. The standard InChI is InChI=1S/C52H50N4/c1-33-17-15-18-34(2)51(33)55-47-25-13-9-21-41(47)31-53-49-37(5)27-43(28-38(49)6)45-23-11-12-24-46(45)44-29-39(7)50(40(8)30-44)54-32-42-22-10-14-26-48(42)56-52-35(3)19-16-20-36(52)4/h9-32,55-56H,1-8H3. The minimum atomic E-state index is 0.993. The second kappa shape index (κ2) is 16.5. The second-order valence-electron chi connectivity index (χ2n) is 14.9. The summed E-state index contributed by atoms with van der Waals surface area (Å²) in [5.41, 5.74) is 22.6. The number of hydrogen-bond donors (Lipinski definition) is 2. The average molecular weight is 731 g/mol. The molecule has 0 amide bonds. The topological polar surface area (TPSA) is 48.8 Å². The number of aryl methyl sites for hydroxylation is 8. The third kappa shape index (κ3) is 8.11. The van der Waals surface area contributed by atoms with Crippen LogP contribution >= 0.6 is 0 Å². The summed E-state index contributed by atoms with van der Waals surface area (Å²) < 4.78 is 0. The summed E-state index contributed by atoms with van der Waals surface area (Å²) in [6.45, 7) is 17.2. The highest BCUT2D eigenvalue weighted by Crippen LogP contribution is 2.39. The molecular formula is C52H50N4. The zero-order valence-corrected chi connectivity index (χ0v) is 33.8. The summed E-state index contributed by atoms with van der Waals surface area (Å²) in [5.74, 6) is 0. The molecule has 0 fully saturated rings. The predicted molar refractivity (Wildman–Crippen MR) is 242 cm³/mol. The molecule has 0 atom stereocenters. The van der Waals surface area contributed by atoms with Crippen LogP contribution in [0.2, 0.25) is 0 Å². The predicted octanol–water partition coefficient (Wildman–Crippen LogP) is 14.5. The molecule has 0 aliphatic rings. The number of nitrogens with one attached hydrogen (secondary N) is 2. The first-order valence-electron chi connectivity index (χ1n) is 19.3. The Labute approximate surface area is 332 Å². The van der Waals surface area contributed by atoms with E-state index in [1.807, 2.05) is 12.4 Å². The number of para-hydroxylation sites is 4. The smallest absolute Gasteiger partial charge is 0.0688 e. The van der Waals surface area contributed by atoms with E-state index in [-0.39, 0.29) is 0 Å². The van der Waals surface area contributed by atoms with Crippen LogP contribution in [0.4, 0.5) is 34.1 Å². The van der Waals surface area contributed by atoms with Gasteiger partial charge in [-0.25, -0.2) is 0 Å². The lowest BCUT2D eigenvalue weighted by molar-refractivity contribution is 1.32. The van der Waals surface area contributed by atoms with Gasteiger partial charge in [-0.2, -0.15) is 0 Å². The third-order valence-corrected chi connectivity index (χ3v) is 10.6. The fourth-order valence-corrected chi connectivity index (χ4v) is 7.62. The van der Waals surface area contributed by atoms with Crippen molar-refractivity contribution in [1.29, 1.82) is 0 Å². The van der Waals surface area contributed by atoms with Gasteiger partial charge < -0.3 is 10.6 Å². The van der Waals surface area contributed by atoms with Crippen LogP contribution in [0.1, 0.15) is 55.6 Å². The number of nitrogens with zero attached hydrogens (tertiary/aromatic N) is 2. The summed E-state index contributed by atoms with van der Waals surface area (Å²) in [7, 11) is 0. The molecule has 0 unspecified atom stereocenters. The van der Waals surface area contributed by atoms with Gasteiger partial charge >= 0.3 is 0 Å². The van der Waals surface area contributed by atoms with E-state index in [9.17, 15) is 0 Å². The maximum absolute atomic E-state index is 5.06. The van der Waals surface area contributed by atoms with Crippen LogP contribution in [0, 0.1) is 55.4 Å². The van der Waals surface area contributed by atoms with Gasteiger partial charge in [0.25, 0.3) is 0 Å². The first-order valence-corrected chi connectivity index (χ1v) is 19.3. The molecule has 0 aliphatic carbocycles. The van der Waals surface area contributed by atoms with Crippen molar-refractivity contribution in [3.8, 4) is 22.3 Å². The molecule has 278 valence electrons. The average Bonchev–Trinajstić information content (AvgIpc) is 3.18. The lowest BCUT2D eigenvalue weighted by Crippen LogP contribution is -1.99. The lowest BCUT2D eigenvalue weighted by atomic mass is 9.90. The molecule has 7 rings (SSSR count). The quantitative estimate of drug-likeness (QED) is 0.138. The largest absolute Gasteiger partial charge is 0.355 e. The van der Waals surface area contributed by atoms with Crippen LogP contribution in [0.5, 0.6) is 0 Å². The molecular weight excluding hydrogens is 681 g/mol. The Morgan fingerprint density at radius 2 is 0.679 bits per heavy atom. The first-order chi connectivity index (χ1) is 27.1. The monoisotopic (exact) mass is 730 g/mol. The van der Waals surface area contributed by atoms with E-state index in [0.29, 0.717) is 0 Å². The van der Waals surface area contributed by atoms with Crippen molar-refractivity contribution in [3.63, 3.8) is 0 Å². The fraction of sp³-hybridized carbons (Fsp3) is 0.154. The van der Waals surface area contributed by atoms with Gasteiger partial charge in [0.1, 0.15) is 0 Å². The maximum Gasteiger partial charge on any atom is 0.0688 e. The van der Waals surface area contributed by atoms with Gasteiger partial charge in [0.15, 0.2) is 0 Å². The molecule has 0 aromatic heterocycles. The SMILES string of the molecule is Cc1cc(-c2ccccc2-c2cc(C)c(N=Cc3ccccc3Nc3c(C)cccc3C)c(C)c2)cc(C)c1N=Cc1ccccc1Nc1c(C)cccc1C. The molecule has 7 aromatic carbocycles. The van der Waals surface area contributed by atoms with Crippen molar-refractivity contribution in [1.82, 2.24) is 0 Å². The van der Waals surface area contributed by atoms with Crippen molar-refractivity contribution in [2.24, 2.45) is 9.98 Å². The van der Waals surface area contributed by atoms with E-state index in [4.69, 9.17) is 9.98 Å². The number of rotatable bonds is 10. The molecule has 4 heteroatoms. The molecule has 4 nitrogen and oxygen atoms in total. The summed E-state index contributed by atoms with van der Waals surface area (Å²) in [5, 5.41) is 7.33. The van der Waals surface area contributed by atoms with Crippen LogP contribution in [-0.4, -0.2) is 12.4 Å². The summed E-state index contributed by atoms with van der Waals surface area (Å²) in [4.78, 5) is 10.1. The number of anilines is 4. The minimum Gasteiger partial charge on any atom is -0.355 e. The van der Waals surface area contributed by atoms with Crippen molar-refractivity contribution in [2.75, 3.05) is 10.6 Å². The molecule has 0 radical (unpaired) electrons. The highest BCUT2D eigenvalue weighted by Gasteiger charge is 2.14. The highest BCUT2D eigenvalue weighted by atomic mass is 14.9. The Morgan fingerprint density at radius 3 is 1.04 bits per heavy atom. The molecule has 0 saturated heterocycles. The maximum atomic E-state index is 5.06. The molecule has 0 saturated carbocycles. The molecule has 0 bridgehead atoms. The molecule has 7 aromatic rings. The Morgan fingerprint density at radius 1 is 0.357 bits per heavy atom. The van der Waals surface area contributed by atoms with Gasteiger partial charge in [0, 0.05) is 46.3 Å². The van der Waals surface area contributed by atoms with Gasteiger partial charge in [-0.3, -0.25) is 9.98 Å². The van der Waals surface area contributed by atoms with E-state index >= 15 is 0 Å². The number of benzene rings is 7. The van der Waals surface area contributed by atoms with E-state index in [0.717, 1.165) is 67.5 Å². The highest BCUT2D eigenvalue weighted by molar-refractivity contribution is 5.93. The van der Waals surface area contributed by atoms with Gasteiger partial charge in [0.05, 0.1) is 11.4 Å². The summed E-state index contributed by atoms with van der Waals surface area (Å²) >= 11 is 0. The van der Waals surface area contributed by atoms with Crippen LogP contribution in [-0.2, 0) is 0 Å². The molecule has 0 heterocycles. The van der Waals surface area contributed by atoms with E-state index in [1.165, 1.54) is 44.5 Å². The number of aliphatic imine (C=N–C) groups is 2. The summed E-state index contributed by atoms with van der Waals surface area (Å²) in [6.07, 6.45) is 3.96. The van der Waals surface area contributed by atoms with Gasteiger partial charge in [-0.15, -0.1) is 0 Å². The Balaban J connectivity index is 1.16. The van der Waals surface area contributed by atoms with Crippen molar-refractivity contribution >= 4 is 46.6 Å². The van der Waals surface area contributed by atoms with Crippen molar-refractivity contribution < 1.29 is 0 Å². The van der Waals surface area contributed by atoms with Gasteiger partial charge in [-0.1, -0.05) is 97.1 Å². The Bertz CT molecular complexity index is 2360.